The second kappa shape index (κ2) is 14.9. The average molecular weight is 503 g/mol. The third kappa shape index (κ3) is 9.16. The van der Waals surface area contributed by atoms with Crippen molar-refractivity contribution in [3.63, 3.8) is 0 Å². The van der Waals surface area contributed by atoms with E-state index in [9.17, 15) is 4.79 Å². The van der Waals surface area contributed by atoms with Gasteiger partial charge in [-0.2, -0.15) is 0 Å². The summed E-state index contributed by atoms with van der Waals surface area (Å²) in [5.74, 6) is 1.38. The fourth-order valence-electron chi connectivity index (χ4n) is 5.06. The van der Waals surface area contributed by atoms with Crippen LogP contribution in [0.25, 0.3) is 0 Å². The van der Waals surface area contributed by atoms with Gasteiger partial charge in [-0.25, -0.2) is 4.79 Å². The first-order chi connectivity index (χ1) is 15.3. The number of benzene rings is 1. The molecule has 0 spiro atoms. The fraction of sp³-hybridized carbons (Fsp3) is 0.720. The number of anilines is 1. The van der Waals surface area contributed by atoms with Gasteiger partial charge in [0.2, 0.25) is 0 Å². The molecule has 0 unspecified atom stereocenters. The van der Waals surface area contributed by atoms with Crippen molar-refractivity contribution >= 4 is 36.5 Å². The molecule has 188 valence electrons. The number of esters is 1. The van der Waals surface area contributed by atoms with Crippen LogP contribution in [0.2, 0.25) is 0 Å². The van der Waals surface area contributed by atoms with Crippen LogP contribution in [0.4, 0.5) is 5.69 Å². The summed E-state index contributed by atoms with van der Waals surface area (Å²) in [6.07, 6.45) is 9.67. The Hall–Kier alpha value is -1.21. The number of halogens is 2. The smallest absolute Gasteiger partial charge is 0.344 e. The minimum Gasteiger partial charge on any atom is -0.482 e. The molecule has 3 aliphatic rings. The molecule has 1 aromatic rings. The number of ether oxygens (including phenoxy) is 2. The summed E-state index contributed by atoms with van der Waals surface area (Å²) in [5, 5.41) is 3.46. The predicted octanol–water partition coefficient (Wildman–Crippen LogP) is 4.30. The number of carbonyl (C=O) groups is 1. The lowest BCUT2D eigenvalue weighted by Gasteiger charge is -2.37. The van der Waals surface area contributed by atoms with E-state index in [1.165, 1.54) is 51.0 Å². The highest BCUT2D eigenvalue weighted by molar-refractivity contribution is 5.85. The van der Waals surface area contributed by atoms with Gasteiger partial charge in [-0.1, -0.05) is 6.42 Å². The maximum absolute atomic E-state index is 12.0. The van der Waals surface area contributed by atoms with E-state index in [0.717, 1.165) is 63.5 Å². The molecular weight excluding hydrogens is 461 g/mol. The second-order valence-electron chi connectivity index (χ2n) is 9.34. The Balaban J connectivity index is 0.00000193. The van der Waals surface area contributed by atoms with Crippen molar-refractivity contribution in [3.05, 3.63) is 24.3 Å². The van der Waals surface area contributed by atoms with Gasteiger partial charge in [0.1, 0.15) is 11.9 Å². The van der Waals surface area contributed by atoms with E-state index in [0.29, 0.717) is 0 Å². The third-order valence-electron chi connectivity index (χ3n) is 7.09. The number of nitrogens with one attached hydrogen (secondary N) is 1. The molecule has 33 heavy (non-hydrogen) atoms. The SMILES string of the molecule is Cl.Cl.O=C(COc1ccc(N2CCN(CCC3CCNCC3)CC2)cc1)OC1CCCCC1. The van der Waals surface area contributed by atoms with Gasteiger partial charge in [0.25, 0.3) is 0 Å². The van der Waals surface area contributed by atoms with Gasteiger partial charge in [-0.15, -0.1) is 24.8 Å². The lowest BCUT2D eigenvalue weighted by Crippen LogP contribution is -2.47. The minimum atomic E-state index is -0.253. The Labute approximate surface area is 211 Å². The van der Waals surface area contributed by atoms with Crippen molar-refractivity contribution in [2.45, 2.75) is 57.5 Å². The number of piperazine rings is 1. The van der Waals surface area contributed by atoms with Crippen LogP contribution < -0.4 is 15.0 Å². The van der Waals surface area contributed by atoms with E-state index in [1.54, 1.807) is 0 Å². The molecule has 0 amide bonds. The van der Waals surface area contributed by atoms with Crippen LogP contribution in [-0.4, -0.2) is 69.4 Å². The number of nitrogens with zero attached hydrogens (tertiary/aromatic N) is 2. The molecule has 3 fully saturated rings. The van der Waals surface area contributed by atoms with E-state index < -0.39 is 0 Å². The number of rotatable bonds is 8. The molecule has 2 aliphatic heterocycles. The van der Waals surface area contributed by atoms with Crippen LogP contribution in [0.1, 0.15) is 51.4 Å². The van der Waals surface area contributed by atoms with Gasteiger partial charge in [-0.3, -0.25) is 4.90 Å². The number of hydrogen-bond donors (Lipinski definition) is 1. The lowest BCUT2D eigenvalue weighted by atomic mass is 9.94. The molecule has 1 saturated carbocycles. The van der Waals surface area contributed by atoms with Gasteiger partial charge in [0.15, 0.2) is 6.61 Å². The molecule has 0 bridgehead atoms. The maximum atomic E-state index is 12.0. The van der Waals surface area contributed by atoms with Gasteiger partial charge in [0.05, 0.1) is 0 Å². The molecule has 1 aromatic carbocycles. The van der Waals surface area contributed by atoms with E-state index in [1.807, 2.05) is 12.1 Å². The normalized spacial score (nSPS) is 20.4. The summed E-state index contributed by atoms with van der Waals surface area (Å²) in [6.45, 7) is 8.03. The predicted molar refractivity (Wildman–Crippen MR) is 138 cm³/mol. The highest BCUT2D eigenvalue weighted by atomic mass is 35.5. The minimum absolute atomic E-state index is 0. The molecular formula is C25H41Cl2N3O3. The van der Waals surface area contributed by atoms with E-state index in [-0.39, 0.29) is 43.5 Å². The standard InChI is InChI=1S/C25H39N3O3.2ClH/c29-25(31-24-4-2-1-3-5-24)20-30-23-8-6-22(7-9-23)28-18-16-27(17-19-28)15-12-21-10-13-26-14-11-21;;/h6-9,21,24,26H,1-5,10-20H2;2*1H. The highest BCUT2D eigenvalue weighted by Crippen LogP contribution is 2.23. The van der Waals surface area contributed by atoms with Crippen molar-refractivity contribution in [1.29, 1.82) is 0 Å². The largest absolute Gasteiger partial charge is 0.482 e. The zero-order valence-corrected chi connectivity index (χ0v) is 21.3. The van der Waals surface area contributed by atoms with Crippen molar-refractivity contribution in [1.82, 2.24) is 10.2 Å². The van der Waals surface area contributed by atoms with E-state index in [4.69, 9.17) is 9.47 Å². The monoisotopic (exact) mass is 501 g/mol. The summed E-state index contributed by atoms with van der Waals surface area (Å²) < 4.78 is 11.2. The van der Waals surface area contributed by atoms with Gasteiger partial charge >= 0.3 is 5.97 Å². The first-order valence-electron chi connectivity index (χ1n) is 12.4. The quantitative estimate of drug-likeness (QED) is 0.536. The summed E-state index contributed by atoms with van der Waals surface area (Å²) >= 11 is 0. The van der Waals surface area contributed by atoms with Gasteiger partial charge < -0.3 is 19.7 Å². The average Bonchev–Trinajstić information content (AvgIpc) is 2.83. The second-order valence-corrected chi connectivity index (χ2v) is 9.34. The molecule has 1 N–H and O–H groups in total. The van der Waals surface area contributed by atoms with Crippen LogP contribution in [0, 0.1) is 5.92 Å². The van der Waals surface area contributed by atoms with Crippen LogP contribution in [-0.2, 0) is 9.53 Å². The van der Waals surface area contributed by atoms with Crippen LogP contribution in [0.3, 0.4) is 0 Å². The molecule has 4 rings (SSSR count). The van der Waals surface area contributed by atoms with Gasteiger partial charge in [0, 0.05) is 31.9 Å². The van der Waals surface area contributed by atoms with Crippen molar-refractivity contribution in [3.8, 4) is 5.75 Å². The molecule has 2 heterocycles. The number of piperidine rings is 1. The Morgan fingerprint density at radius 3 is 2.24 bits per heavy atom. The summed E-state index contributed by atoms with van der Waals surface area (Å²) in [4.78, 5) is 17.1. The van der Waals surface area contributed by atoms with Gasteiger partial charge in [-0.05, 0) is 94.8 Å². The molecule has 0 radical (unpaired) electrons. The van der Waals surface area contributed by atoms with E-state index >= 15 is 0 Å². The van der Waals surface area contributed by atoms with Crippen LogP contribution >= 0.6 is 24.8 Å². The summed E-state index contributed by atoms with van der Waals surface area (Å²) in [5.41, 5.74) is 1.23. The Morgan fingerprint density at radius 2 is 1.58 bits per heavy atom. The maximum Gasteiger partial charge on any atom is 0.344 e. The van der Waals surface area contributed by atoms with Crippen LogP contribution in [0.15, 0.2) is 24.3 Å². The summed E-state index contributed by atoms with van der Waals surface area (Å²) in [7, 11) is 0. The number of hydrogen-bond acceptors (Lipinski definition) is 6. The Bertz CT molecular complexity index is 672. The molecule has 6 nitrogen and oxygen atoms in total. The topological polar surface area (TPSA) is 54.0 Å². The first kappa shape index (κ1) is 28.0. The molecule has 0 atom stereocenters. The van der Waals surface area contributed by atoms with Crippen LogP contribution in [0.5, 0.6) is 5.75 Å². The zero-order valence-electron chi connectivity index (χ0n) is 19.7. The highest BCUT2D eigenvalue weighted by Gasteiger charge is 2.20. The summed E-state index contributed by atoms with van der Waals surface area (Å²) in [6, 6.07) is 8.14. The zero-order chi connectivity index (χ0) is 21.3. The van der Waals surface area contributed by atoms with Crippen molar-refractivity contribution in [2.24, 2.45) is 5.92 Å². The Morgan fingerprint density at radius 1 is 0.909 bits per heavy atom. The Kier molecular flexibility index (Phi) is 12.7. The first-order valence-corrected chi connectivity index (χ1v) is 12.4. The lowest BCUT2D eigenvalue weighted by molar-refractivity contribution is -0.152. The van der Waals surface area contributed by atoms with E-state index in [2.05, 4.69) is 27.2 Å². The molecule has 2 saturated heterocycles. The van der Waals surface area contributed by atoms with Crippen molar-refractivity contribution in [2.75, 3.05) is 57.3 Å². The molecule has 8 heteroatoms. The fourth-order valence-corrected chi connectivity index (χ4v) is 5.06. The third-order valence-corrected chi connectivity index (χ3v) is 7.09. The molecule has 1 aliphatic carbocycles. The number of carbonyl (C=O) groups excluding carboxylic acids is 1. The molecule has 0 aromatic heterocycles. The van der Waals surface area contributed by atoms with Crippen molar-refractivity contribution < 1.29 is 14.3 Å².